The summed E-state index contributed by atoms with van der Waals surface area (Å²) in [4.78, 5) is 0. The largest absolute Gasteiger partial charge is 2.00 e. The Morgan fingerprint density at radius 1 is 0.455 bits per heavy atom. The molecule has 0 aliphatic carbocycles. The van der Waals surface area contributed by atoms with E-state index in [0.29, 0.717) is 0 Å². The molecule has 0 aliphatic heterocycles. The second-order valence-corrected chi connectivity index (χ2v) is 7.28. The average molecular weight is 525 g/mol. The van der Waals surface area contributed by atoms with E-state index >= 15 is 0 Å². The van der Waals surface area contributed by atoms with Gasteiger partial charge >= 0.3 is 26.2 Å². The van der Waals surface area contributed by atoms with Crippen LogP contribution >= 0.6 is 0 Å². The fraction of sp³-hybridized carbons (Fsp3) is 0. The molecule has 33 heavy (non-hydrogen) atoms. The number of halogens is 1. The second kappa shape index (κ2) is 14.3. The van der Waals surface area contributed by atoms with Crippen LogP contribution in [0.15, 0.2) is 146 Å². The van der Waals surface area contributed by atoms with Crippen molar-refractivity contribution in [3.05, 3.63) is 163 Å². The molecule has 0 amide bonds. The van der Waals surface area contributed by atoms with Gasteiger partial charge in [-0.15, -0.1) is 101 Å². The Kier molecular flexibility index (Phi) is 11.5. The van der Waals surface area contributed by atoms with E-state index in [0.717, 1.165) is 0 Å². The van der Waals surface area contributed by atoms with E-state index < -0.39 is 0 Å². The van der Waals surface area contributed by atoms with Crippen molar-refractivity contribution in [2.24, 2.45) is 0 Å². The second-order valence-electron chi connectivity index (χ2n) is 7.28. The van der Waals surface area contributed by atoms with Gasteiger partial charge in [0.1, 0.15) is 0 Å². The maximum Gasteiger partial charge on any atom is 2.00 e. The van der Waals surface area contributed by atoms with Gasteiger partial charge in [-0.2, -0.15) is 35.0 Å². The van der Waals surface area contributed by atoms with Gasteiger partial charge in [-0.25, -0.2) is 0 Å². The summed E-state index contributed by atoms with van der Waals surface area (Å²) in [6.07, 6.45) is 2.17. The molecule has 0 saturated carbocycles. The van der Waals surface area contributed by atoms with Gasteiger partial charge in [0.2, 0.25) is 0 Å². The first-order valence-electron chi connectivity index (χ1n) is 10.5. The molecule has 0 N–H and O–H groups in total. The van der Waals surface area contributed by atoms with Gasteiger partial charge in [0.05, 0.1) is 0 Å². The molecule has 0 atom stereocenters. The molecule has 0 aliphatic rings. The first kappa shape index (κ1) is 26.4. The molecular formula is C31H26ClZr-3. The molecule has 0 aromatic heterocycles. The SMILES string of the molecule is [Cl-].[H-].[Zr+2].c1ccc([CH-]c2ccccc2)cc1.c1ccc2[cH-]ccc2c1.c1ccc2[cH-]ccc2c1. The third kappa shape index (κ3) is 8.21. The summed E-state index contributed by atoms with van der Waals surface area (Å²) in [5.41, 5.74) is 2.49. The molecular weight excluding hydrogens is 499 g/mol. The molecule has 0 spiro atoms. The molecule has 0 bridgehead atoms. The van der Waals surface area contributed by atoms with Crippen LogP contribution in [0.4, 0.5) is 0 Å². The minimum Gasteiger partial charge on any atom is -1.00 e. The maximum atomic E-state index is 2.17. The number of hydrogen-bond acceptors (Lipinski definition) is 0. The Labute approximate surface area is 223 Å². The molecule has 0 fully saturated rings. The summed E-state index contributed by atoms with van der Waals surface area (Å²) in [7, 11) is 0. The van der Waals surface area contributed by atoms with Crippen LogP contribution in [0.1, 0.15) is 12.6 Å². The molecule has 0 unspecified atom stereocenters. The van der Waals surface area contributed by atoms with Gasteiger partial charge < -0.3 is 13.8 Å². The summed E-state index contributed by atoms with van der Waals surface area (Å²) in [5, 5.41) is 5.32. The van der Waals surface area contributed by atoms with Gasteiger partial charge in [0.25, 0.3) is 0 Å². The molecule has 0 saturated heterocycles. The summed E-state index contributed by atoms with van der Waals surface area (Å²) >= 11 is 0. The summed E-state index contributed by atoms with van der Waals surface area (Å²) in [6.45, 7) is 0. The molecule has 0 heterocycles. The number of fused-ring (bicyclic) bond motifs is 2. The molecule has 6 rings (SSSR count). The first-order chi connectivity index (χ1) is 15.4. The molecule has 164 valence electrons. The van der Waals surface area contributed by atoms with E-state index in [1.54, 1.807) is 0 Å². The number of rotatable bonds is 2. The van der Waals surface area contributed by atoms with E-state index in [-0.39, 0.29) is 40.0 Å². The first-order valence-corrected chi connectivity index (χ1v) is 10.5. The van der Waals surface area contributed by atoms with Gasteiger partial charge in [0.15, 0.2) is 0 Å². The Morgan fingerprint density at radius 2 is 0.818 bits per heavy atom. The molecule has 6 aromatic rings. The van der Waals surface area contributed by atoms with Crippen molar-refractivity contribution in [2.75, 3.05) is 0 Å². The van der Waals surface area contributed by atoms with E-state index in [4.69, 9.17) is 0 Å². The predicted molar refractivity (Wildman–Crippen MR) is 136 cm³/mol. The smallest absolute Gasteiger partial charge is 1.00 e. The van der Waals surface area contributed by atoms with Crippen LogP contribution < -0.4 is 12.4 Å². The van der Waals surface area contributed by atoms with Gasteiger partial charge in [-0.3, -0.25) is 0 Å². The van der Waals surface area contributed by atoms with Crippen LogP contribution in [-0.2, 0) is 26.2 Å². The van der Waals surface area contributed by atoms with Crippen LogP contribution in [0.5, 0.6) is 0 Å². The molecule has 0 nitrogen and oxygen atoms in total. The van der Waals surface area contributed by atoms with Crippen LogP contribution in [0.3, 0.4) is 0 Å². The van der Waals surface area contributed by atoms with Crippen LogP contribution in [-0.4, -0.2) is 0 Å². The van der Waals surface area contributed by atoms with Crippen molar-refractivity contribution < 1.29 is 40.0 Å². The fourth-order valence-corrected chi connectivity index (χ4v) is 3.43. The molecule has 6 aromatic carbocycles. The van der Waals surface area contributed by atoms with Gasteiger partial charge in [-0.1, -0.05) is 48.5 Å². The zero-order valence-corrected chi connectivity index (χ0v) is 21.5. The van der Waals surface area contributed by atoms with E-state index in [1.165, 1.54) is 32.7 Å². The molecule has 0 radical (unpaired) electrons. The summed E-state index contributed by atoms with van der Waals surface area (Å²) in [6, 6.07) is 50.0. The Bertz CT molecular complexity index is 1140. The van der Waals surface area contributed by atoms with Crippen molar-refractivity contribution in [1.82, 2.24) is 0 Å². The van der Waals surface area contributed by atoms with Crippen molar-refractivity contribution >= 4 is 21.5 Å². The molecule has 2 heteroatoms. The minimum atomic E-state index is 0. The maximum absolute atomic E-state index is 2.17. The van der Waals surface area contributed by atoms with Crippen molar-refractivity contribution in [2.45, 2.75) is 0 Å². The average Bonchev–Trinajstić information content (AvgIpc) is 3.51. The quantitative estimate of drug-likeness (QED) is 0.262. The zero-order valence-electron chi connectivity index (χ0n) is 19.3. The van der Waals surface area contributed by atoms with Crippen LogP contribution in [0, 0.1) is 6.42 Å². The Hall–Kier alpha value is -2.86. The van der Waals surface area contributed by atoms with E-state index in [2.05, 4.69) is 140 Å². The van der Waals surface area contributed by atoms with Gasteiger partial charge in [0, 0.05) is 0 Å². The number of benzene rings is 4. The third-order valence-corrected chi connectivity index (χ3v) is 5.03. The normalized spacial score (nSPS) is 9.33. The monoisotopic (exact) mass is 523 g/mol. The Morgan fingerprint density at radius 3 is 1.21 bits per heavy atom. The summed E-state index contributed by atoms with van der Waals surface area (Å²) < 4.78 is 0. The fourth-order valence-electron chi connectivity index (χ4n) is 3.43. The van der Waals surface area contributed by atoms with Crippen LogP contribution in [0.25, 0.3) is 21.5 Å². The van der Waals surface area contributed by atoms with Crippen LogP contribution in [0.2, 0.25) is 0 Å². The van der Waals surface area contributed by atoms with Crippen molar-refractivity contribution in [3.63, 3.8) is 0 Å². The van der Waals surface area contributed by atoms with E-state index in [9.17, 15) is 0 Å². The minimum absolute atomic E-state index is 0. The van der Waals surface area contributed by atoms with E-state index in [1.807, 2.05) is 12.1 Å². The van der Waals surface area contributed by atoms with Gasteiger partial charge in [-0.05, 0) is 0 Å². The van der Waals surface area contributed by atoms with Crippen molar-refractivity contribution in [3.8, 4) is 0 Å². The number of hydrogen-bond donors (Lipinski definition) is 0. The zero-order chi connectivity index (χ0) is 21.1. The topological polar surface area (TPSA) is 0 Å². The summed E-state index contributed by atoms with van der Waals surface area (Å²) in [5.74, 6) is 0. The third-order valence-electron chi connectivity index (χ3n) is 5.03. The Balaban J connectivity index is 0.000000249. The van der Waals surface area contributed by atoms with Crippen molar-refractivity contribution in [1.29, 1.82) is 0 Å². The predicted octanol–water partition coefficient (Wildman–Crippen LogP) is 5.52. The standard InChI is InChI=1S/C13H11.2C9H7.ClH.Zr.H/c1-3-7-12(8-4-1)11-13-9-5-2-6-10-13;2*1-2-5-9-7-3-6-8(9)4-1;;;/h1-11H;2*1-7H;1H;;/q3*-1;;+2;-1/p-1.